The minimum atomic E-state index is -1.55. The highest BCUT2D eigenvalue weighted by molar-refractivity contribution is 5.94. The predicted molar refractivity (Wildman–Crippen MR) is 260 cm³/mol. The lowest BCUT2D eigenvalue weighted by molar-refractivity contribution is -0.191. The van der Waals surface area contributed by atoms with Crippen LogP contribution < -0.4 is 10.1 Å². The summed E-state index contributed by atoms with van der Waals surface area (Å²) in [6, 6.07) is 26.5. The average Bonchev–Trinajstić information content (AvgIpc) is 3.96. The highest BCUT2D eigenvalue weighted by Crippen LogP contribution is 2.46. The Morgan fingerprint density at radius 3 is 1.83 bits per heavy atom. The van der Waals surface area contributed by atoms with Gasteiger partial charge < -0.3 is 38.5 Å². The molecule has 0 bridgehead atoms. The molecule has 0 spiro atoms. The van der Waals surface area contributed by atoms with Crippen molar-refractivity contribution in [1.29, 1.82) is 0 Å². The van der Waals surface area contributed by atoms with Crippen molar-refractivity contribution in [3.63, 3.8) is 0 Å². The topological polar surface area (TPSA) is 192 Å². The van der Waals surface area contributed by atoms with E-state index in [1.54, 1.807) is 100 Å². The smallest absolute Gasteiger partial charge is 0.420 e. The number of carbonyl (C=O) groups is 4. The number of aromatic nitrogens is 4. The Morgan fingerprint density at radius 1 is 0.757 bits per heavy atom. The van der Waals surface area contributed by atoms with Crippen LogP contribution in [0, 0.1) is 0 Å². The molecular weight excluding hydrogens is 897 g/mol. The SMILES string of the molecule is COc1ccc(C(Nc2ncnc3c2ncn3[C@@H]2O[C@H](C=C(C=O)CCC(C(=O)OC(C)(C)C)N(C(=O)OC(C)(C)C)C(=O)OC(C)(C)C)[C@H]3OC(C)(C)O[C@H]32)(c2ccccc2)c2ccccc2)cc1. The average molecular weight is 961 g/mol. The van der Waals surface area contributed by atoms with E-state index in [1.165, 1.54) is 6.33 Å². The molecule has 1 unspecified atom stereocenters. The molecule has 2 saturated heterocycles. The maximum Gasteiger partial charge on any atom is 0.420 e. The molecular formula is C53H64N6O11. The second kappa shape index (κ2) is 20.0. The first-order valence-electron chi connectivity index (χ1n) is 23.3. The zero-order valence-corrected chi connectivity index (χ0v) is 41.9. The van der Waals surface area contributed by atoms with Crippen LogP contribution in [-0.4, -0.2) is 103 Å². The number of anilines is 1. The molecule has 7 rings (SSSR count). The molecule has 3 aromatic carbocycles. The lowest BCUT2D eigenvalue weighted by Gasteiger charge is -2.37. The Kier molecular flexibility index (Phi) is 14.6. The number of aldehydes is 1. The predicted octanol–water partition coefficient (Wildman–Crippen LogP) is 9.44. The fourth-order valence-electron chi connectivity index (χ4n) is 8.58. The molecule has 17 heteroatoms. The molecule has 1 N–H and O–H groups in total. The van der Waals surface area contributed by atoms with E-state index in [0.717, 1.165) is 16.7 Å². The summed E-state index contributed by atoms with van der Waals surface area (Å²) in [6.45, 7) is 18.4. The maximum atomic E-state index is 14.0. The van der Waals surface area contributed by atoms with Gasteiger partial charge in [-0.15, -0.1) is 0 Å². The molecule has 5 aromatic rings. The van der Waals surface area contributed by atoms with Crippen LogP contribution >= 0.6 is 0 Å². The van der Waals surface area contributed by atoms with Gasteiger partial charge in [-0.3, -0.25) is 9.36 Å². The van der Waals surface area contributed by atoms with Crippen LogP contribution in [0.15, 0.2) is 109 Å². The minimum absolute atomic E-state index is 0.100. The summed E-state index contributed by atoms with van der Waals surface area (Å²) < 4.78 is 43.9. The molecule has 2 aliphatic rings. The number of ether oxygens (including phenoxy) is 7. The second-order valence-corrected chi connectivity index (χ2v) is 20.7. The summed E-state index contributed by atoms with van der Waals surface area (Å²) in [7, 11) is 1.63. The van der Waals surface area contributed by atoms with Crippen LogP contribution in [0.2, 0.25) is 0 Å². The van der Waals surface area contributed by atoms with Gasteiger partial charge in [-0.05, 0) is 129 Å². The summed E-state index contributed by atoms with van der Waals surface area (Å²) in [5.41, 5.74) is -0.161. The lowest BCUT2D eigenvalue weighted by Crippen LogP contribution is -2.53. The number of amides is 2. The summed E-state index contributed by atoms with van der Waals surface area (Å²) in [4.78, 5) is 69.4. The van der Waals surface area contributed by atoms with E-state index in [1.807, 2.05) is 60.7 Å². The van der Waals surface area contributed by atoms with E-state index in [9.17, 15) is 19.2 Å². The van der Waals surface area contributed by atoms with E-state index in [-0.39, 0.29) is 18.4 Å². The van der Waals surface area contributed by atoms with Gasteiger partial charge in [0, 0.05) is 0 Å². The number of esters is 1. The van der Waals surface area contributed by atoms with Crippen LogP contribution in [0.3, 0.4) is 0 Å². The fourth-order valence-corrected chi connectivity index (χ4v) is 8.58. The van der Waals surface area contributed by atoms with Gasteiger partial charge in [-0.25, -0.2) is 29.3 Å². The van der Waals surface area contributed by atoms with Crippen LogP contribution in [0.5, 0.6) is 5.75 Å². The molecule has 5 atom stereocenters. The number of hydrogen-bond donors (Lipinski definition) is 1. The van der Waals surface area contributed by atoms with Crippen molar-refractivity contribution in [3.8, 4) is 5.75 Å². The largest absolute Gasteiger partial charge is 0.497 e. The first kappa shape index (κ1) is 51.2. The number of rotatable bonds is 14. The van der Waals surface area contributed by atoms with E-state index in [0.29, 0.717) is 33.9 Å². The van der Waals surface area contributed by atoms with Gasteiger partial charge in [0.25, 0.3) is 0 Å². The van der Waals surface area contributed by atoms with Crippen molar-refractivity contribution in [1.82, 2.24) is 24.4 Å². The fraction of sp³-hybridized carbons (Fsp3) is 0.453. The van der Waals surface area contributed by atoms with Crippen molar-refractivity contribution >= 4 is 41.4 Å². The van der Waals surface area contributed by atoms with E-state index in [4.69, 9.17) is 48.1 Å². The molecule has 70 heavy (non-hydrogen) atoms. The quantitative estimate of drug-likeness (QED) is 0.0364. The Hall–Kier alpha value is -6.69. The molecule has 0 radical (unpaired) electrons. The molecule has 0 aliphatic carbocycles. The van der Waals surface area contributed by atoms with Crippen LogP contribution in [0.1, 0.15) is 112 Å². The zero-order chi connectivity index (χ0) is 50.8. The molecule has 372 valence electrons. The number of carbonyl (C=O) groups excluding carboxylic acids is 4. The normalized spacial score (nSPS) is 19.7. The van der Waals surface area contributed by atoms with Crippen LogP contribution in [0.4, 0.5) is 15.4 Å². The summed E-state index contributed by atoms with van der Waals surface area (Å²) in [5, 5.41) is 3.81. The van der Waals surface area contributed by atoms with Gasteiger partial charge in [0.05, 0.1) is 13.4 Å². The molecule has 2 aliphatic heterocycles. The number of nitrogens with zero attached hydrogens (tertiary/aromatic N) is 5. The summed E-state index contributed by atoms with van der Waals surface area (Å²) >= 11 is 0. The van der Waals surface area contributed by atoms with Crippen molar-refractivity contribution < 1.29 is 52.3 Å². The highest BCUT2D eigenvalue weighted by atomic mass is 16.8. The minimum Gasteiger partial charge on any atom is -0.497 e. The Bertz CT molecular complexity index is 2620. The van der Waals surface area contributed by atoms with Gasteiger partial charge in [-0.2, -0.15) is 4.90 Å². The van der Waals surface area contributed by atoms with Crippen LogP contribution in [0.25, 0.3) is 11.2 Å². The van der Waals surface area contributed by atoms with E-state index >= 15 is 0 Å². The maximum absolute atomic E-state index is 14.0. The monoisotopic (exact) mass is 960 g/mol. The Balaban J connectivity index is 1.24. The van der Waals surface area contributed by atoms with Gasteiger partial charge >= 0.3 is 18.2 Å². The number of imide groups is 1. The molecule has 0 saturated carbocycles. The third-order valence-corrected chi connectivity index (χ3v) is 11.3. The highest BCUT2D eigenvalue weighted by Gasteiger charge is 2.56. The number of imidazole rings is 1. The van der Waals surface area contributed by atoms with E-state index < -0.39 is 76.9 Å². The number of benzene rings is 3. The number of fused-ring (bicyclic) bond motifs is 2. The number of hydrogen-bond acceptors (Lipinski definition) is 15. The molecule has 2 amide bonds. The number of methoxy groups -OCH3 is 1. The van der Waals surface area contributed by atoms with Crippen molar-refractivity contribution in [2.45, 2.75) is 148 Å². The summed E-state index contributed by atoms with van der Waals surface area (Å²) in [5.74, 6) is -0.788. The Labute approximate surface area is 408 Å². The van der Waals surface area contributed by atoms with Gasteiger partial charge in [-0.1, -0.05) is 72.8 Å². The van der Waals surface area contributed by atoms with Crippen molar-refractivity contribution in [3.05, 3.63) is 126 Å². The van der Waals surface area contributed by atoms with Crippen molar-refractivity contribution in [2.24, 2.45) is 0 Å². The molecule has 2 aromatic heterocycles. The third-order valence-electron chi connectivity index (χ3n) is 11.3. The molecule has 2 fully saturated rings. The first-order chi connectivity index (χ1) is 32.9. The second-order valence-electron chi connectivity index (χ2n) is 20.7. The zero-order valence-electron chi connectivity index (χ0n) is 41.9. The first-order valence-corrected chi connectivity index (χ1v) is 23.3. The van der Waals surface area contributed by atoms with Gasteiger partial charge in [0.1, 0.15) is 65.1 Å². The van der Waals surface area contributed by atoms with Crippen molar-refractivity contribution in [2.75, 3.05) is 12.4 Å². The Morgan fingerprint density at radius 2 is 1.30 bits per heavy atom. The third kappa shape index (κ3) is 11.5. The van der Waals surface area contributed by atoms with E-state index in [2.05, 4.69) is 29.6 Å². The van der Waals surface area contributed by atoms with Gasteiger partial charge in [0.15, 0.2) is 29.0 Å². The molecule has 4 heterocycles. The standard InChI is InChI=1S/C53H64N6O11/c1-49(2,3)68-46(61)38(59(47(62)69-50(4,5)6)48(63)70-51(7,8)9)28-23-33(30-60)29-39-41-42(67-52(10,11)66-41)45(65-39)58-32-56-40-43(54-31-55-44(40)58)57-53(34-19-15-13-16-20-34,35-21-17-14-18-22-35)36-24-26-37(64-12)27-25-36/h13-22,24-27,29-32,38-39,41-42,45H,23,28H2,1-12H3,(H,54,55,57)/t38?,39-,41-,42-,45-/m1/s1. The summed E-state index contributed by atoms with van der Waals surface area (Å²) in [6.07, 6.45) is -0.372. The molecule has 17 nitrogen and oxygen atoms in total. The van der Waals surface area contributed by atoms with Crippen LogP contribution in [-0.2, 0) is 43.5 Å². The van der Waals surface area contributed by atoms with Gasteiger partial charge in [0.2, 0.25) is 0 Å². The lowest BCUT2D eigenvalue weighted by atomic mass is 9.77. The number of nitrogens with one attached hydrogen (secondary N) is 1. The number of allylic oxidation sites excluding steroid dienone is 1.